The Balaban J connectivity index is 2.52. The average Bonchev–Trinajstić information content (AvgIpc) is 2.81. The third-order valence-electron chi connectivity index (χ3n) is 3.01. The fourth-order valence-corrected chi connectivity index (χ4v) is 1.83. The van der Waals surface area contributed by atoms with E-state index in [4.69, 9.17) is 0 Å². The van der Waals surface area contributed by atoms with Gasteiger partial charge in [-0.1, -0.05) is 20.3 Å². The van der Waals surface area contributed by atoms with Crippen LogP contribution in [0.4, 0.5) is 0 Å². The summed E-state index contributed by atoms with van der Waals surface area (Å²) in [7, 11) is 0. The highest BCUT2D eigenvalue weighted by molar-refractivity contribution is 5.76. The zero-order valence-corrected chi connectivity index (χ0v) is 11.0. The summed E-state index contributed by atoms with van der Waals surface area (Å²) in [6.07, 6.45) is 9.05. The second-order valence-electron chi connectivity index (χ2n) is 4.53. The summed E-state index contributed by atoms with van der Waals surface area (Å²) in [5, 5.41) is 3.01. The van der Waals surface area contributed by atoms with Crippen molar-refractivity contribution in [3.05, 3.63) is 18.7 Å². The normalized spacial score (nSPS) is 14.3. The van der Waals surface area contributed by atoms with Gasteiger partial charge in [-0.25, -0.2) is 4.98 Å². The van der Waals surface area contributed by atoms with Crippen molar-refractivity contribution in [2.24, 2.45) is 0 Å². The molecule has 0 saturated heterocycles. The maximum atomic E-state index is 11.8. The summed E-state index contributed by atoms with van der Waals surface area (Å²) < 4.78 is 2.03. The highest BCUT2D eigenvalue weighted by Crippen LogP contribution is 2.17. The minimum atomic E-state index is 0.131. The molecule has 0 aliphatic carbocycles. The number of carbonyl (C=O) groups excluding carboxylic acids is 1. The predicted octanol–water partition coefficient (Wildman–Crippen LogP) is 2.53. The maximum absolute atomic E-state index is 11.8. The summed E-state index contributed by atoms with van der Waals surface area (Å²) in [5.74, 6) is 0.131. The van der Waals surface area contributed by atoms with E-state index in [1.54, 1.807) is 12.5 Å². The predicted molar refractivity (Wildman–Crippen MR) is 68.7 cm³/mol. The van der Waals surface area contributed by atoms with Crippen molar-refractivity contribution in [2.45, 2.75) is 58.5 Å². The Morgan fingerprint density at radius 3 is 2.76 bits per heavy atom. The molecule has 1 aromatic rings. The van der Waals surface area contributed by atoms with Crippen molar-refractivity contribution in [1.29, 1.82) is 0 Å². The number of nitrogens with one attached hydrogen (secondary N) is 1. The van der Waals surface area contributed by atoms with E-state index in [-0.39, 0.29) is 18.0 Å². The molecular weight excluding hydrogens is 214 g/mol. The first-order chi connectivity index (χ1) is 8.17. The Morgan fingerprint density at radius 1 is 1.47 bits per heavy atom. The van der Waals surface area contributed by atoms with Crippen molar-refractivity contribution < 1.29 is 4.79 Å². The topological polar surface area (TPSA) is 46.9 Å². The zero-order chi connectivity index (χ0) is 12.7. The molecule has 2 unspecified atom stereocenters. The van der Waals surface area contributed by atoms with Gasteiger partial charge in [0.2, 0.25) is 5.91 Å². The Bertz CT molecular complexity index is 321. The molecule has 96 valence electrons. The minimum Gasteiger partial charge on any atom is -0.354 e. The van der Waals surface area contributed by atoms with Crippen molar-refractivity contribution in [1.82, 2.24) is 14.9 Å². The molecule has 1 amide bonds. The van der Waals surface area contributed by atoms with E-state index < -0.39 is 0 Å². The van der Waals surface area contributed by atoms with Crippen LogP contribution in [0.25, 0.3) is 0 Å². The van der Waals surface area contributed by atoms with E-state index in [9.17, 15) is 4.79 Å². The van der Waals surface area contributed by atoms with Crippen LogP contribution >= 0.6 is 0 Å². The van der Waals surface area contributed by atoms with E-state index in [0.29, 0.717) is 6.42 Å². The molecule has 0 saturated carbocycles. The van der Waals surface area contributed by atoms with Gasteiger partial charge in [0.1, 0.15) is 0 Å². The molecule has 0 radical (unpaired) electrons. The van der Waals surface area contributed by atoms with Crippen LogP contribution < -0.4 is 5.32 Å². The highest BCUT2D eigenvalue weighted by atomic mass is 16.1. The maximum Gasteiger partial charge on any atom is 0.222 e. The van der Waals surface area contributed by atoms with E-state index in [0.717, 1.165) is 19.3 Å². The zero-order valence-electron chi connectivity index (χ0n) is 11.0. The van der Waals surface area contributed by atoms with Crippen molar-refractivity contribution in [3.8, 4) is 0 Å². The molecule has 0 fully saturated rings. The smallest absolute Gasteiger partial charge is 0.222 e. The Kier molecular flexibility index (Phi) is 5.73. The molecule has 2 atom stereocenters. The van der Waals surface area contributed by atoms with Gasteiger partial charge in [0.15, 0.2) is 0 Å². The van der Waals surface area contributed by atoms with Gasteiger partial charge < -0.3 is 9.88 Å². The lowest BCUT2D eigenvalue weighted by Gasteiger charge is -2.19. The average molecular weight is 237 g/mol. The lowest BCUT2D eigenvalue weighted by molar-refractivity contribution is -0.122. The monoisotopic (exact) mass is 237 g/mol. The van der Waals surface area contributed by atoms with Gasteiger partial charge in [-0.3, -0.25) is 4.79 Å². The van der Waals surface area contributed by atoms with E-state index in [1.165, 1.54) is 0 Å². The number of aromatic nitrogens is 2. The number of amides is 1. The van der Waals surface area contributed by atoms with Gasteiger partial charge in [0.05, 0.1) is 6.33 Å². The van der Waals surface area contributed by atoms with E-state index in [2.05, 4.69) is 24.1 Å². The summed E-state index contributed by atoms with van der Waals surface area (Å²) in [4.78, 5) is 15.9. The lowest BCUT2D eigenvalue weighted by Crippen LogP contribution is -2.33. The number of imidazole rings is 1. The van der Waals surface area contributed by atoms with E-state index >= 15 is 0 Å². The van der Waals surface area contributed by atoms with Crippen molar-refractivity contribution in [3.63, 3.8) is 0 Å². The number of hydrogen-bond acceptors (Lipinski definition) is 2. The highest BCUT2D eigenvalue weighted by Gasteiger charge is 2.15. The second kappa shape index (κ2) is 7.09. The standard InChI is InChI=1S/C13H23N3O/c1-4-6-12(16-8-7-14-10-16)9-13(17)15-11(3)5-2/h7-8,10-12H,4-6,9H2,1-3H3,(H,15,17). The first-order valence-electron chi connectivity index (χ1n) is 6.44. The SMILES string of the molecule is CCCC(CC(=O)NC(C)CC)n1ccnc1. The van der Waals surface area contributed by atoms with Crippen molar-refractivity contribution >= 4 is 5.91 Å². The van der Waals surface area contributed by atoms with Crippen LogP contribution in [0.3, 0.4) is 0 Å². The molecule has 1 aromatic heterocycles. The van der Waals surface area contributed by atoms with Crippen LogP contribution in [-0.4, -0.2) is 21.5 Å². The fraction of sp³-hybridized carbons (Fsp3) is 0.692. The van der Waals surface area contributed by atoms with Gasteiger partial charge in [-0.2, -0.15) is 0 Å². The number of rotatable bonds is 7. The fourth-order valence-electron chi connectivity index (χ4n) is 1.83. The quantitative estimate of drug-likeness (QED) is 0.792. The Morgan fingerprint density at radius 2 is 2.24 bits per heavy atom. The van der Waals surface area contributed by atoms with E-state index in [1.807, 2.05) is 17.7 Å². The minimum absolute atomic E-state index is 0.131. The Labute approximate surface area is 103 Å². The molecule has 4 nitrogen and oxygen atoms in total. The van der Waals surface area contributed by atoms with Gasteiger partial charge in [-0.15, -0.1) is 0 Å². The third kappa shape index (κ3) is 4.59. The molecule has 1 rings (SSSR count). The molecule has 1 heterocycles. The third-order valence-corrected chi connectivity index (χ3v) is 3.01. The number of hydrogen-bond donors (Lipinski definition) is 1. The summed E-state index contributed by atoms with van der Waals surface area (Å²) in [6, 6.07) is 0.485. The molecule has 1 N–H and O–H groups in total. The summed E-state index contributed by atoms with van der Waals surface area (Å²) in [5.41, 5.74) is 0. The van der Waals surface area contributed by atoms with Crippen LogP contribution in [0.2, 0.25) is 0 Å². The first kappa shape index (κ1) is 13.7. The largest absolute Gasteiger partial charge is 0.354 e. The molecule has 0 aliphatic heterocycles. The summed E-state index contributed by atoms with van der Waals surface area (Å²) >= 11 is 0. The van der Waals surface area contributed by atoms with Gasteiger partial charge in [-0.05, 0) is 19.8 Å². The van der Waals surface area contributed by atoms with Crippen LogP contribution in [-0.2, 0) is 4.79 Å². The van der Waals surface area contributed by atoms with Gasteiger partial charge >= 0.3 is 0 Å². The Hall–Kier alpha value is -1.32. The number of nitrogens with zero attached hydrogens (tertiary/aromatic N) is 2. The molecular formula is C13H23N3O. The molecule has 0 bridgehead atoms. The van der Waals surface area contributed by atoms with Crippen LogP contribution in [0, 0.1) is 0 Å². The van der Waals surface area contributed by atoms with Crippen LogP contribution in [0.1, 0.15) is 52.5 Å². The lowest BCUT2D eigenvalue weighted by atomic mass is 10.1. The van der Waals surface area contributed by atoms with Crippen molar-refractivity contribution in [2.75, 3.05) is 0 Å². The molecule has 0 aliphatic rings. The van der Waals surface area contributed by atoms with Gasteiger partial charge in [0, 0.05) is 30.9 Å². The molecule has 0 aromatic carbocycles. The molecule has 0 spiro atoms. The second-order valence-corrected chi connectivity index (χ2v) is 4.53. The molecule has 4 heteroatoms. The van der Waals surface area contributed by atoms with Gasteiger partial charge in [0.25, 0.3) is 0 Å². The first-order valence-corrected chi connectivity index (χ1v) is 6.44. The molecule has 17 heavy (non-hydrogen) atoms. The van der Waals surface area contributed by atoms with Crippen LogP contribution in [0.15, 0.2) is 18.7 Å². The van der Waals surface area contributed by atoms with Crippen LogP contribution in [0.5, 0.6) is 0 Å². The summed E-state index contributed by atoms with van der Waals surface area (Å²) in [6.45, 7) is 6.24. The number of carbonyl (C=O) groups is 1.